The number of benzene rings is 2. The number of methoxy groups -OCH3 is 1. The van der Waals surface area contributed by atoms with Crippen LogP contribution in [-0.4, -0.2) is 136 Å². The van der Waals surface area contributed by atoms with E-state index in [1.54, 1.807) is 24.3 Å². The van der Waals surface area contributed by atoms with Gasteiger partial charge in [-0.2, -0.15) is 0 Å². The number of carbonyl (C=O) groups is 10. The zero-order valence-corrected chi connectivity index (χ0v) is 37.2. The second-order valence-electron chi connectivity index (χ2n) is 16.0. The number of primary amides is 1. The third-order valence-electron chi connectivity index (χ3n) is 10.9. The Kier molecular flexibility index (Phi) is 22.0. The summed E-state index contributed by atoms with van der Waals surface area (Å²) in [6, 6.07) is 3.49. The molecule has 1 saturated carbocycles. The Balaban J connectivity index is 1.73. The van der Waals surface area contributed by atoms with E-state index in [0.29, 0.717) is 24.2 Å². The van der Waals surface area contributed by atoms with Crippen LogP contribution in [0.1, 0.15) is 87.1 Å². The number of aromatic hydroxyl groups is 1. The van der Waals surface area contributed by atoms with Crippen molar-refractivity contribution < 1.29 is 73.1 Å². The number of carboxylic acids is 2. The SMILES string of the molecule is COc1ccc(C(=O)N[C@@H](C)C(=O)NCC(=O)N[C@@H](CCC(=O)O)C(=O)N[C@@H](CO)C(=O)N[C@@H](CC2CCCC2)C(=O)N[C@@H](CCc2ccc(O)cc2)C(=O)N[C@@H](CCC(=O)O)C(N)=O)cc1. The minimum atomic E-state index is -1.75. The second kappa shape index (κ2) is 27.2. The predicted octanol–water partition coefficient (Wildman–Crippen LogP) is -1.52. The third-order valence-corrected chi connectivity index (χ3v) is 10.9. The maximum Gasteiger partial charge on any atom is 0.303 e. The van der Waals surface area contributed by atoms with E-state index in [0.717, 1.165) is 12.8 Å². The molecule has 0 saturated heterocycles. The molecule has 67 heavy (non-hydrogen) atoms. The Hall–Kier alpha value is -7.30. The molecule has 23 heteroatoms. The van der Waals surface area contributed by atoms with Gasteiger partial charge in [0.25, 0.3) is 5.91 Å². The molecule has 0 aliphatic heterocycles. The predicted molar refractivity (Wildman–Crippen MR) is 236 cm³/mol. The number of aliphatic hydroxyl groups is 1. The Morgan fingerprint density at radius 1 is 0.657 bits per heavy atom. The largest absolute Gasteiger partial charge is 0.508 e. The van der Waals surface area contributed by atoms with Gasteiger partial charge in [0.15, 0.2) is 0 Å². The zero-order chi connectivity index (χ0) is 49.6. The van der Waals surface area contributed by atoms with Gasteiger partial charge in [0, 0.05) is 18.4 Å². The first-order chi connectivity index (χ1) is 31.8. The molecule has 1 fully saturated rings. The first-order valence-electron chi connectivity index (χ1n) is 21.6. The molecule has 2 aromatic rings. The van der Waals surface area contributed by atoms with Crippen LogP contribution in [0.2, 0.25) is 0 Å². The quantitative estimate of drug-likeness (QED) is 0.0461. The van der Waals surface area contributed by atoms with Crippen LogP contribution >= 0.6 is 0 Å². The van der Waals surface area contributed by atoms with Gasteiger partial charge in [-0.25, -0.2) is 0 Å². The monoisotopic (exact) mass is 940 g/mol. The molecule has 8 amide bonds. The van der Waals surface area contributed by atoms with E-state index in [1.807, 2.05) is 0 Å². The average Bonchev–Trinajstić information content (AvgIpc) is 3.81. The molecular weight excluding hydrogens is 881 g/mol. The molecule has 1 aliphatic carbocycles. The van der Waals surface area contributed by atoms with E-state index in [9.17, 15) is 63.3 Å². The van der Waals surface area contributed by atoms with E-state index in [4.69, 9.17) is 15.6 Å². The fourth-order valence-electron chi connectivity index (χ4n) is 7.08. The number of amides is 8. The minimum Gasteiger partial charge on any atom is -0.508 e. The Bertz CT molecular complexity index is 2060. The molecule has 3 rings (SSSR count). The van der Waals surface area contributed by atoms with E-state index in [2.05, 4.69) is 37.2 Å². The Morgan fingerprint density at radius 3 is 1.72 bits per heavy atom. The molecule has 0 spiro atoms. The number of aliphatic carboxylic acids is 2. The molecule has 0 bridgehead atoms. The van der Waals surface area contributed by atoms with Gasteiger partial charge in [-0.3, -0.25) is 47.9 Å². The van der Waals surface area contributed by atoms with Crippen LogP contribution in [0, 0.1) is 5.92 Å². The lowest BCUT2D eigenvalue weighted by Crippen LogP contribution is -2.60. The number of hydrogen-bond acceptors (Lipinski definition) is 13. The number of ether oxygens (including phenoxy) is 1. The smallest absolute Gasteiger partial charge is 0.303 e. The molecule has 23 nitrogen and oxygen atoms in total. The summed E-state index contributed by atoms with van der Waals surface area (Å²) < 4.78 is 5.06. The number of carboxylic acid groups (broad SMARTS) is 2. The van der Waals surface area contributed by atoms with Crippen LogP contribution in [0.15, 0.2) is 48.5 Å². The van der Waals surface area contributed by atoms with Crippen LogP contribution in [0.4, 0.5) is 0 Å². The number of aryl methyl sites for hydroxylation is 1. The van der Waals surface area contributed by atoms with Crippen molar-refractivity contribution in [3.63, 3.8) is 0 Å². The van der Waals surface area contributed by atoms with Crippen molar-refractivity contribution in [1.29, 1.82) is 0 Å². The lowest BCUT2D eigenvalue weighted by atomic mass is 9.96. The molecule has 0 heterocycles. The van der Waals surface area contributed by atoms with Crippen LogP contribution in [0.25, 0.3) is 0 Å². The standard InChI is InChI=1S/C44H60N8O15/c1-24(47-40(62)27-10-14-29(67-2)15-11-27)39(61)46-22-35(55)48-31(18-20-37(58)59)41(63)52-34(23-53)44(66)51-33(21-26-5-3-4-6-26)43(65)50-32(16-9-25-7-12-28(54)13-8-25)42(64)49-30(38(45)60)17-19-36(56)57/h7-8,10-15,24,26,30-34,53-54H,3-6,9,16-23H2,1-2H3,(H2,45,60)(H,46,61)(H,47,62)(H,48,55)(H,49,64)(H,50,65)(H,51,66)(H,52,63)(H,56,57)(H,58,59)/t24-,30-,31-,32-,33-,34-/m0/s1. The van der Waals surface area contributed by atoms with Crippen molar-refractivity contribution in [1.82, 2.24) is 37.2 Å². The summed E-state index contributed by atoms with van der Waals surface area (Å²) in [4.78, 5) is 128. The van der Waals surface area contributed by atoms with Crippen LogP contribution in [0.5, 0.6) is 11.5 Å². The first-order valence-corrected chi connectivity index (χ1v) is 21.6. The highest BCUT2D eigenvalue weighted by Gasteiger charge is 2.34. The lowest BCUT2D eigenvalue weighted by molar-refractivity contribution is -0.139. The number of hydrogen-bond donors (Lipinski definition) is 12. The Labute approximate surface area is 385 Å². The molecular formula is C44H60N8O15. The lowest BCUT2D eigenvalue weighted by Gasteiger charge is -2.27. The topological polar surface area (TPSA) is 371 Å². The molecule has 0 aromatic heterocycles. The van der Waals surface area contributed by atoms with Crippen molar-refractivity contribution >= 4 is 59.2 Å². The number of nitrogens with one attached hydrogen (secondary N) is 7. The maximum atomic E-state index is 14.1. The van der Waals surface area contributed by atoms with Gasteiger partial charge in [-0.1, -0.05) is 37.8 Å². The van der Waals surface area contributed by atoms with Gasteiger partial charge >= 0.3 is 11.9 Å². The zero-order valence-electron chi connectivity index (χ0n) is 37.2. The van der Waals surface area contributed by atoms with Gasteiger partial charge in [-0.05, 0) is 86.9 Å². The summed E-state index contributed by atoms with van der Waals surface area (Å²) in [6.07, 6.45) is 1.32. The van der Waals surface area contributed by atoms with E-state index in [-0.39, 0.29) is 42.9 Å². The fourth-order valence-corrected chi connectivity index (χ4v) is 7.08. The van der Waals surface area contributed by atoms with Gasteiger partial charge < -0.3 is 68.1 Å². The molecule has 6 atom stereocenters. The number of nitrogens with two attached hydrogens (primary N) is 1. The van der Waals surface area contributed by atoms with Gasteiger partial charge in [0.2, 0.25) is 41.4 Å². The summed E-state index contributed by atoms with van der Waals surface area (Å²) in [5.41, 5.74) is 6.32. The van der Waals surface area contributed by atoms with Gasteiger partial charge in [0.1, 0.15) is 47.8 Å². The van der Waals surface area contributed by atoms with Crippen molar-refractivity contribution in [2.75, 3.05) is 20.3 Å². The van der Waals surface area contributed by atoms with Gasteiger partial charge in [-0.15, -0.1) is 0 Å². The number of phenolic OH excluding ortho intramolecular Hbond substituents is 1. The highest BCUT2D eigenvalue weighted by molar-refractivity contribution is 5.99. The number of aliphatic hydroxyl groups excluding tert-OH is 1. The summed E-state index contributed by atoms with van der Waals surface area (Å²) in [5, 5.41) is 55.3. The van der Waals surface area contributed by atoms with Gasteiger partial charge in [0.05, 0.1) is 20.3 Å². The minimum absolute atomic E-state index is 0.0143. The highest BCUT2D eigenvalue weighted by Crippen LogP contribution is 2.29. The number of phenols is 1. The van der Waals surface area contributed by atoms with E-state index in [1.165, 1.54) is 38.3 Å². The number of rotatable bonds is 28. The Morgan fingerprint density at radius 2 is 1.16 bits per heavy atom. The fraction of sp³-hybridized carbons (Fsp3) is 0.500. The van der Waals surface area contributed by atoms with Crippen molar-refractivity contribution in [3.05, 3.63) is 59.7 Å². The van der Waals surface area contributed by atoms with Crippen molar-refractivity contribution in [3.8, 4) is 11.5 Å². The average molecular weight is 941 g/mol. The maximum absolute atomic E-state index is 14.1. The van der Waals surface area contributed by atoms with Crippen molar-refractivity contribution in [2.45, 2.75) is 114 Å². The van der Waals surface area contributed by atoms with E-state index < -0.39 is 128 Å². The molecule has 2 aromatic carbocycles. The molecule has 366 valence electrons. The summed E-state index contributed by atoms with van der Waals surface area (Å²) >= 11 is 0. The summed E-state index contributed by atoms with van der Waals surface area (Å²) in [7, 11) is 1.46. The molecule has 13 N–H and O–H groups in total. The summed E-state index contributed by atoms with van der Waals surface area (Å²) in [6.45, 7) is -0.365. The van der Waals surface area contributed by atoms with Crippen LogP contribution in [-0.2, 0) is 49.6 Å². The summed E-state index contributed by atoms with van der Waals surface area (Å²) in [5.74, 6) is -9.34. The number of carbonyl (C=O) groups excluding carboxylic acids is 8. The van der Waals surface area contributed by atoms with Crippen LogP contribution in [0.3, 0.4) is 0 Å². The van der Waals surface area contributed by atoms with Crippen molar-refractivity contribution in [2.24, 2.45) is 11.7 Å². The first kappa shape index (κ1) is 54.0. The molecule has 1 aliphatic rings. The van der Waals surface area contributed by atoms with Crippen LogP contribution < -0.4 is 47.7 Å². The molecule has 0 radical (unpaired) electrons. The highest BCUT2D eigenvalue weighted by atomic mass is 16.5. The molecule has 0 unspecified atom stereocenters. The third kappa shape index (κ3) is 19.0. The van der Waals surface area contributed by atoms with E-state index >= 15 is 0 Å². The second-order valence-corrected chi connectivity index (χ2v) is 16.0. The normalized spacial score (nSPS) is 14.9.